The molecule has 3 nitrogen and oxygen atoms in total. The minimum absolute atomic E-state index is 0.00617. The van der Waals surface area contributed by atoms with Gasteiger partial charge in [-0.05, 0) is 17.7 Å². The molecule has 1 heterocycles. The first-order valence-corrected chi connectivity index (χ1v) is 5.48. The summed E-state index contributed by atoms with van der Waals surface area (Å²) in [5.41, 5.74) is 1.06. The van der Waals surface area contributed by atoms with Crippen molar-refractivity contribution in [2.75, 3.05) is 0 Å². The second kappa shape index (κ2) is 4.24. The zero-order chi connectivity index (χ0) is 10.8. The van der Waals surface area contributed by atoms with E-state index in [4.69, 9.17) is 11.6 Å². The van der Waals surface area contributed by atoms with E-state index < -0.39 is 0 Å². The lowest BCUT2D eigenvalue weighted by Crippen LogP contribution is -2.01. The van der Waals surface area contributed by atoms with Gasteiger partial charge in [-0.25, -0.2) is 4.68 Å². The van der Waals surface area contributed by atoms with Crippen LogP contribution < -0.4 is 0 Å². The van der Waals surface area contributed by atoms with Crippen LogP contribution >= 0.6 is 27.5 Å². The first kappa shape index (κ1) is 10.5. The number of rotatable bonds is 2. The Labute approximate surface area is 100 Å². The zero-order valence-corrected chi connectivity index (χ0v) is 10.0. The third-order valence-corrected chi connectivity index (χ3v) is 2.86. The highest BCUT2D eigenvalue weighted by molar-refractivity contribution is 9.10. The maximum atomic E-state index is 9.25. The smallest absolute Gasteiger partial charge is 0.173 e. The van der Waals surface area contributed by atoms with Gasteiger partial charge in [0.2, 0.25) is 0 Å². The van der Waals surface area contributed by atoms with Crippen LogP contribution in [-0.4, -0.2) is 14.9 Å². The molecule has 0 unspecified atom stereocenters. The van der Waals surface area contributed by atoms with Gasteiger partial charge in [0, 0.05) is 4.47 Å². The van der Waals surface area contributed by atoms with Crippen LogP contribution in [0, 0.1) is 0 Å². The van der Waals surface area contributed by atoms with Gasteiger partial charge < -0.3 is 5.11 Å². The molecule has 0 amide bonds. The Morgan fingerprint density at radius 1 is 1.47 bits per heavy atom. The highest BCUT2D eigenvalue weighted by Gasteiger charge is 2.06. The highest BCUT2D eigenvalue weighted by atomic mass is 79.9. The Balaban J connectivity index is 2.26. The Morgan fingerprint density at radius 3 is 2.87 bits per heavy atom. The third-order valence-electron chi connectivity index (χ3n) is 1.98. The van der Waals surface area contributed by atoms with Crippen LogP contribution in [0.3, 0.4) is 0 Å². The van der Waals surface area contributed by atoms with E-state index in [-0.39, 0.29) is 10.9 Å². The van der Waals surface area contributed by atoms with E-state index in [2.05, 4.69) is 21.0 Å². The average molecular weight is 288 g/mol. The molecular weight excluding hydrogens is 279 g/mol. The molecular formula is C10H8BrClN2O. The largest absolute Gasteiger partial charge is 0.504 e. The Kier molecular flexibility index (Phi) is 2.98. The van der Waals surface area contributed by atoms with E-state index in [1.165, 1.54) is 6.20 Å². The lowest BCUT2D eigenvalue weighted by Gasteiger charge is -2.03. The maximum absolute atomic E-state index is 9.25. The standard InChI is InChI=1S/C10H8BrClN2O/c11-8-3-1-2-7(4-8)6-14-10(12)9(15)5-13-14/h1-5,15H,6H2. The molecule has 0 atom stereocenters. The fourth-order valence-electron chi connectivity index (χ4n) is 1.28. The molecule has 0 spiro atoms. The summed E-state index contributed by atoms with van der Waals surface area (Å²) in [7, 11) is 0. The van der Waals surface area contributed by atoms with Crippen LogP contribution in [0.25, 0.3) is 0 Å². The van der Waals surface area contributed by atoms with E-state index in [1.54, 1.807) is 4.68 Å². The van der Waals surface area contributed by atoms with Crippen molar-refractivity contribution in [3.63, 3.8) is 0 Å². The molecule has 1 aromatic heterocycles. The summed E-state index contributed by atoms with van der Waals surface area (Å²) < 4.78 is 2.55. The van der Waals surface area contributed by atoms with Crippen molar-refractivity contribution < 1.29 is 5.11 Å². The summed E-state index contributed by atoms with van der Waals surface area (Å²) in [6.07, 6.45) is 1.33. The fraction of sp³-hybridized carbons (Fsp3) is 0.100. The molecule has 2 rings (SSSR count). The van der Waals surface area contributed by atoms with Gasteiger partial charge in [-0.3, -0.25) is 0 Å². The van der Waals surface area contributed by atoms with Crippen molar-refractivity contribution in [1.82, 2.24) is 9.78 Å². The Hall–Kier alpha value is -1.000. The molecule has 1 aromatic carbocycles. The van der Waals surface area contributed by atoms with Crippen molar-refractivity contribution in [1.29, 1.82) is 0 Å². The molecule has 0 saturated heterocycles. The lowest BCUT2D eigenvalue weighted by molar-refractivity contribution is 0.474. The van der Waals surface area contributed by atoms with Crippen molar-refractivity contribution >= 4 is 27.5 Å². The number of halogens is 2. The number of hydrogen-bond donors (Lipinski definition) is 1. The molecule has 1 N–H and O–H groups in total. The topological polar surface area (TPSA) is 38.1 Å². The molecule has 0 aliphatic heterocycles. The summed E-state index contributed by atoms with van der Waals surface area (Å²) >= 11 is 9.22. The van der Waals surface area contributed by atoms with Crippen LogP contribution in [0.15, 0.2) is 34.9 Å². The van der Waals surface area contributed by atoms with E-state index >= 15 is 0 Å². The first-order valence-electron chi connectivity index (χ1n) is 4.31. The fourth-order valence-corrected chi connectivity index (χ4v) is 1.88. The van der Waals surface area contributed by atoms with Crippen LogP contribution in [-0.2, 0) is 6.54 Å². The molecule has 0 radical (unpaired) electrons. The second-order valence-electron chi connectivity index (χ2n) is 3.11. The van der Waals surface area contributed by atoms with Gasteiger partial charge in [0.15, 0.2) is 10.9 Å². The monoisotopic (exact) mass is 286 g/mol. The van der Waals surface area contributed by atoms with Gasteiger partial charge in [-0.15, -0.1) is 0 Å². The van der Waals surface area contributed by atoms with E-state index in [1.807, 2.05) is 24.3 Å². The minimum Gasteiger partial charge on any atom is -0.504 e. The van der Waals surface area contributed by atoms with E-state index in [0.29, 0.717) is 6.54 Å². The maximum Gasteiger partial charge on any atom is 0.173 e. The molecule has 5 heteroatoms. The SMILES string of the molecule is Oc1cnn(Cc2cccc(Br)c2)c1Cl. The van der Waals surface area contributed by atoms with Crippen LogP contribution in [0.5, 0.6) is 5.75 Å². The Morgan fingerprint density at radius 2 is 2.27 bits per heavy atom. The number of nitrogens with zero attached hydrogens (tertiary/aromatic N) is 2. The number of aromatic nitrogens is 2. The second-order valence-corrected chi connectivity index (χ2v) is 4.38. The molecule has 78 valence electrons. The van der Waals surface area contributed by atoms with Crippen LogP contribution in [0.2, 0.25) is 5.15 Å². The number of benzene rings is 1. The molecule has 0 aliphatic carbocycles. The minimum atomic E-state index is 0.00617. The molecule has 0 aliphatic rings. The summed E-state index contributed by atoms with van der Waals surface area (Å²) in [6, 6.07) is 7.84. The summed E-state index contributed by atoms with van der Waals surface area (Å²) in [6.45, 7) is 0.541. The molecule has 0 saturated carbocycles. The van der Waals surface area contributed by atoms with Crippen molar-refractivity contribution in [2.45, 2.75) is 6.54 Å². The van der Waals surface area contributed by atoms with Gasteiger partial charge in [0.25, 0.3) is 0 Å². The van der Waals surface area contributed by atoms with Crippen LogP contribution in [0.4, 0.5) is 0 Å². The summed E-state index contributed by atoms with van der Waals surface area (Å²) in [4.78, 5) is 0. The van der Waals surface area contributed by atoms with Gasteiger partial charge in [-0.2, -0.15) is 5.10 Å². The Bertz CT molecular complexity index is 484. The normalized spacial score (nSPS) is 10.5. The zero-order valence-electron chi connectivity index (χ0n) is 7.69. The van der Waals surface area contributed by atoms with E-state index in [0.717, 1.165) is 10.0 Å². The van der Waals surface area contributed by atoms with Crippen molar-refractivity contribution in [3.8, 4) is 5.75 Å². The summed E-state index contributed by atoms with van der Waals surface area (Å²) in [5, 5.41) is 13.5. The predicted molar refractivity (Wildman–Crippen MR) is 62.1 cm³/mol. The molecule has 0 fully saturated rings. The van der Waals surface area contributed by atoms with Gasteiger partial charge in [-0.1, -0.05) is 39.7 Å². The van der Waals surface area contributed by atoms with Gasteiger partial charge >= 0.3 is 0 Å². The van der Waals surface area contributed by atoms with Crippen LogP contribution in [0.1, 0.15) is 5.56 Å². The first-order chi connectivity index (χ1) is 7.16. The van der Waals surface area contributed by atoms with Gasteiger partial charge in [0.1, 0.15) is 0 Å². The van der Waals surface area contributed by atoms with E-state index in [9.17, 15) is 5.11 Å². The molecule has 15 heavy (non-hydrogen) atoms. The average Bonchev–Trinajstić information content (AvgIpc) is 2.50. The molecule has 2 aromatic rings. The van der Waals surface area contributed by atoms with Crippen molar-refractivity contribution in [3.05, 3.63) is 45.7 Å². The predicted octanol–water partition coefficient (Wildman–Crippen LogP) is 3.05. The quantitative estimate of drug-likeness (QED) is 0.922. The number of hydrogen-bond acceptors (Lipinski definition) is 2. The number of aromatic hydroxyl groups is 1. The van der Waals surface area contributed by atoms with Crippen molar-refractivity contribution in [2.24, 2.45) is 0 Å². The highest BCUT2D eigenvalue weighted by Crippen LogP contribution is 2.22. The summed E-state index contributed by atoms with van der Waals surface area (Å²) in [5.74, 6) is 0.00617. The molecule has 0 bridgehead atoms. The lowest BCUT2D eigenvalue weighted by atomic mass is 10.2. The third kappa shape index (κ3) is 2.33. The van der Waals surface area contributed by atoms with Gasteiger partial charge in [0.05, 0.1) is 12.7 Å².